The third-order valence-corrected chi connectivity index (χ3v) is 23.3. The Morgan fingerprint density at radius 3 is 1.45 bits per heavy atom. The average Bonchev–Trinajstić information content (AvgIpc) is 3.22. The summed E-state index contributed by atoms with van der Waals surface area (Å²) in [6.45, 7) is 17.0. The lowest BCUT2D eigenvalue weighted by Gasteiger charge is -2.52. The zero-order valence-corrected chi connectivity index (χ0v) is 37.7. The van der Waals surface area contributed by atoms with Gasteiger partial charge in [-0.1, -0.05) is 163 Å². The van der Waals surface area contributed by atoms with E-state index in [1.807, 2.05) is 0 Å². The molecule has 3 saturated heterocycles. The van der Waals surface area contributed by atoms with Crippen LogP contribution in [0.15, 0.2) is 126 Å². The van der Waals surface area contributed by atoms with Crippen molar-refractivity contribution in [3.63, 3.8) is 0 Å². The van der Waals surface area contributed by atoms with Crippen LogP contribution in [0.2, 0.25) is 10.1 Å². The van der Waals surface area contributed by atoms with Crippen LogP contribution in [0.25, 0.3) is 0 Å². The summed E-state index contributed by atoms with van der Waals surface area (Å²) >= 11 is 0. The van der Waals surface area contributed by atoms with Crippen molar-refractivity contribution < 1.29 is 18.3 Å². The van der Waals surface area contributed by atoms with E-state index in [0.29, 0.717) is 13.2 Å². The third kappa shape index (κ3) is 7.91. The van der Waals surface area contributed by atoms with Crippen LogP contribution in [-0.4, -0.2) is 77.5 Å². The molecule has 4 aromatic rings. The summed E-state index contributed by atoms with van der Waals surface area (Å²) in [6.07, 6.45) is 7.75. The standard InChI is InChI=1S/C49H65N3O4Si2/c1-46(2,3)57(41-23-11-7-12-24-41,42-25-13-8-14-26-42)53-37-39-21-19-31-48(55-39)33-35-52-36-34-49(51-45(52)50-48)32-20-22-40(56-49)38-54-58(47(4,5)6,43-27-15-9-16-28-43)44-29-17-10-18-30-44/h7-18,23-30,39-40H,19-22,31-38H2,1-6H3,(H,50,51)/t39-,40-,48+,49+/m0/s1. The fraction of sp³-hybridized carbons (Fsp3) is 0.490. The van der Waals surface area contributed by atoms with E-state index in [1.165, 1.54) is 20.7 Å². The second-order valence-electron chi connectivity index (χ2n) is 19.2. The first-order chi connectivity index (χ1) is 27.9. The second-order valence-corrected chi connectivity index (χ2v) is 27.8. The van der Waals surface area contributed by atoms with Gasteiger partial charge in [0.2, 0.25) is 0 Å². The van der Waals surface area contributed by atoms with E-state index in [0.717, 1.165) is 70.4 Å². The van der Waals surface area contributed by atoms with Crippen LogP contribution in [-0.2, 0) is 18.3 Å². The number of aliphatic imine (C=N–C) groups is 1. The zero-order chi connectivity index (χ0) is 40.5. The SMILES string of the molecule is CC(C)(C)[Si](OC[C@@H]1CCC[C@]2(CCN3CC[C@]4(CCC[C@@H](CO[Si](c5ccccc5)(c5ccccc5)C(C)(C)C)O4)NC3=N2)O1)(c1ccccc1)c1ccccc1. The molecule has 4 aromatic carbocycles. The number of fused-ring (bicyclic) bond motifs is 1. The molecule has 4 heterocycles. The van der Waals surface area contributed by atoms with Crippen LogP contribution in [0, 0.1) is 0 Å². The van der Waals surface area contributed by atoms with Crippen molar-refractivity contribution in [2.45, 2.75) is 127 Å². The first kappa shape index (κ1) is 41.2. The van der Waals surface area contributed by atoms with Gasteiger partial charge in [-0.05, 0) is 69.3 Å². The number of guanidine groups is 1. The van der Waals surface area contributed by atoms with E-state index >= 15 is 0 Å². The minimum atomic E-state index is -2.68. The molecule has 0 radical (unpaired) electrons. The Bertz CT molecular complexity index is 1910. The topological polar surface area (TPSA) is 64.5 Å². The van der Waals surface area contributed by atoms with E-state index < -0.39 is 28.1 Å². The fourth-order valence-electron chi connectivity index (χ4n) is 10.5. The van der Waals surface area contributed by atoms with E-state index in [-0.39, 0.29) is 22.3 Å². The van der Waals surface area contributed by atoms with Crippen molar-refractivity contribution in [3.05, 3.63) is 121 Å². The van der Waals surface area contributed by atoms with Gasteiger partial charge in [0.1, 0.15) is 5.72 Å². The molecule has 4 aliphatic heterocycles. The number of rotatable bonds is 10. The number of nitrogens with zero attached hydrogens (tertiary/aromatic N) is 2. The molecule has 8 rings (SSSR count). The molecule has 0 unspecified atom stereocenters. The van der Waals surface area contributed by atoms with Crippen LogP contribution in [0.3, 0.4) is 0 Å². The Kier molecular flexibility index (Phi) is 11.7. The van der Waals surface area contributed by atoms with Gasteiger partial charge in [0.25, 0.3) is 16.6 Å². The van der Waals surface area contributed by atoms with Gasteiger partial charge in [0, 0.05) is 25.9 Å². The molecule has 7 nitrogen and oxygen atoms in total. The first-order valence-corrected chi connectivity index (χ1v) is 25.7. The molecule has 0 amide bonds. The van der Waals surface area contributed by atoms with Gasteiger partial charge < -0.3 is 28.5 Å². The van der Waals surface area contributed by atoms with Gasteiger partial charge in [-0.25, -0.2) is 4.99 Å². The lowest BCUT2D eigenvalue weighted by molar-refractivity contribution is -0.168. The number of benzene rings is 4. The van der Waals surface area contributed by atoms with Crippen molar-refractivity contribution in [2.24, 2.45) is 4.99 Å². The monoisotopic (exact) mass is 815 g/mol. The van der Waals surface area contributed by atoms with E-state index in [9.17, 15) is 0 Å². The van der Waals surface area contributed by atoms with Crippen molar-refractivity contribution in [2.75, 3.05) is 26.3 Å². The molecular weight excluding hydrogens is 751 g/mol. The highest BCUT2D eigenvalue weighted by atomic mass is 28.4. The Labute approximate surface area is 349 Å². The largest absolute Gasteiger partial charge is 0.405 e. The summed E-state index contributed by atoms with van der Waals surface area (Å²) < 4.78 is 29.0. The number of hydrogen-bond acceptors (Lipinski definition) is 7. The van der Waals surface area contributed by atoms with Gasteiger partial charge in [0.15, 0.2) is 11.7 Å². The molecule has 1 N–H and O–H groups in total. The van der Waals surface area contributed by atoms with Crippen molar-refractivity contribution in [3.8, 4) is 0 Å². The highest BCUT2D eigenvalue weighted by Gasteiger charge is 2.53. The Morgan fingerprint density at radius 1 is 0.586 bits per heavy atom. The van der Waals surface area contributed by atoms with Gasteiger partial charge >= 0.3 is 0 Å². The summed E-state index contributed by atoms with van der Waals surface area (Å²) in [5.41, 5.74) is -1.03. The van der Waals surface area contributed by atoms with Crippen LogP contribution in [0.5, 0.6) is 0 Å². The maximum Gasteiger partial charge on any atom is 0.261 e. The summed E-state index contributed by atoms with van der Waals surface area (Å²) in [5.74, 6) is 0.930. The highest BCUT2D eigenvalue weighted by Crippen LogP contribution is 2.42. The number of ether oxygens (including phenoxy) is 2. The molecule has 308 valence electrons. The van der Waals surface area contributed by atoms with Crippen molar-refractivity contribution >= 4 is 43.3 Å². The molecule has 0 aromatic heterocycles. The predicted octanol–water partition coefficient (Wildman–Crippen LogP) is 7.73. The van der Waals surface area contributed by atoms with Crippen molar-refractivity contribution in [1.29, 1.82) is 0 Å². The molecule has 0 aliphatic carbocycles. The Balaban J connectivity index is 0.993. The third-order valence-electron chi connectivity index (χ3n) is 13.3. The molecule has 58 heavy (non-hydrogen) atoms. The Hall–Kier alpha value is -3.58. The fourth-order valence-corrected chi connectivity index (χ4v) is 19.6. The van der Waals surface area contributed by atoms with Crippen LogP contribution >= 0.6 is 0 Å². The van der Waals surface area contributed by atoms with Gasteiger partial charge in [-0.15, -0.1) is 0 Å². The molecular formula is C49H65N3O4Si2. The Morgan fingerprint density at radius 2 is 1.00 bits per heavy atom. The summed E-state index contributed by atoms with van der Waals surface area (Å²) in [4.78, 5) is 7.90. The molecule has 3 fully saturated rings. The average molecular weight is 816 g/mol. The molecule has 9 heteroatoms. The highest BCUT2D eigenvalue weighted by molar-refractivity contribution is 7.00. The first-order valence-electron chi connectivity index (χ1n) is 21.9. The molecule has 0 bridgehead atoms. The smallest absolute Gasteiger partial charge is 0.261 e. The van der Waals surface area contributed by atoms with E-state index in [2.05, 4.69) is 173 Å². The number of nitrogens with one attached hydrogen (secondary N) is 1. The summed E-state index contributed by atoms with van der Waals surface area (Å²) in [5, 5.41) is 8.93. The lowest BCUT2D eigenvalue weighted by atomic mass is 9.92. The zero-order valence-electron chi connectivity index (χ0n) is 35.7. The van der Waals surface area contributed by atoms with Crippen LogP contribution < -0.4 is 26.1 Å². The molecule has 4 aliphatic rings. The van der Waals surface area contributed by atoms with E-state index in [4.69, 9.17) is 23.3 Å². The minimum Gasteiger partial charge on any atom is -0.405 e. The maximum absolute atomic E-state index is 7.39. The molecule has 2 spiro atoms. The quantitative estimate of drug-likeness (QED) is 0.166. The number of hydrogen-bond donors (Lipinski definition) is 1. The minimum absolute atomic E-state index is 0.0125. The molecule has 0 saturated carbocycles. The summed E-state index contributed by atoms with van der Waals surface area (Å²) in [6, 6.07) is 43.7. The lowest BCUT2D eigenvalue weighted by Crippen LogP contribution is -2.68. The normalized spacial score (nSPS) is 25.6. The van der Waals surface area contributed by atoms with Crippen LogP contribution in [0.4, 0.5) is 0 Å². The summed E-state index contributed by atoms with van der Waals surface area (Å²) in [7, 11) is -5.37. The second kappa shape index (κ2) is 16.5. The van der Waals surface area contributed by atoms with Crippen LogP contribution in [0.1, 0.15) is 92.9 Å². The van der Waals surface area contributed by atoms with Gasteiger partial charge in [-0.2, -0.15) is 0 Å². The van der Waals surface area contributed by atoms with Gasteiger partial charge in [0.05, 0.1) is 25.4 Å². The predicted molar refractivity (Wildman–Crippen MR) is 241 cm³/mol. The van der Waals surface area contributed by atoms with E-state index in [1.54, 1.807) is 0 Å². The van der Waals surface area contributed by atoms with Gasteiger partial charge in [-0.3, -0.25) is 0 Å². The van der Waals surface area contributed by atoms with Crippen molar-refractivity contribution in [1.82, 2.24) is 10.2 Å². The maximum atomic E-state index is 7.39. The molecule has 4 atom stereocenters.